The highest BCUT2D eigenvalue weighted by Crippen LogP contribution is 2.32. The number of piperidine rings is 1. The molecule has 2 fully saturated rings. The van der Waals surface area contributed by atoms with Crippen LogP contribution in [0, 0.1) is 0 Å². The van der Waals surface area contributed by atoms with Crippen LogP contribution in [0.5, 0.6) is 5.75 Å². The van der Waals surface area contributed by atoms with Crippen LogP contribution < -0.4 is 9.64 Å². The van der Waals surface area contributed by atoms with Crippen molar-refractivity contribution in [2.75, 3.05) is 51.4 Å². The van der Waals surface area contributed by atoms with Gasteiger partial charge < -0.3 is 18.9 Å². The minimum atomic E-state index is 0.398. The van der Waals surface area contributed by atoms with Gasteiger partial charge in [-0.05, 0) is 41.6 Å². The van der Waals surface area contributed by atoms with E-state index in [-0.39, 0.29) is 0 Å². The monoisotopic (exact) mass is 416 g/mol. The Labute approximate surface area is 180 Å². The summed E-state index contributed by atoms with van der Waals surface area (Å²) in [5.74, 6) is 2.48. The first-order valence-corrected chi connectivity index (χ1v) is 11.2. The summed E-state index contributed by atoms with van der Waals surface area (Å²) in [7, 11) is 1.70. The molecule has 7 heteroatoms. The van der Waals surface area contributed by atoms with Crippen LogP contribution >= 0.6 is 0 Å². The van der Waals surface area contributed by atoms with Gasteiger partial charge in [-0.1, -0.05) is 33.8 Å². The molecule has 3 heterocycles. The summed E-state index contributed by atoms with van der Waals surface area (Å²) in [6.07, 6.45) is 2.25. The second-order valence-electron chi connectivity index (χ2n) is 7.88. The zero-order valence-electron chi connectivity index (χ0n) is 19.1. The van der Waals surface area contributed by atoms with Crippen molar-refractivity contribution < 1.29 is 14.0 Å². The van der Waals surface area contributed by atoms with Gasteiger partial charge >= 0.3 is 0 Å². The Morgan fingerprint density at radius 2 is 1.77 bits per heavy atom. The first-order valence-electron chi connectivity index (χ1n) is 11.2. The predicted octanol–water partition coefficient (Wildman–Crippen LogP) is 4.20. The van der Waals surface area contributed by atoms with Crippen molar-refractivity contribution in [3.63, 3.8) is 0 Å². The van der Waals surface area contributed by atoms with Crippen molar-refractivity contribution in [3.8, 4) is 17.2 Å². The third-order valence-corrected chi connectivity index (χ3v) is 5.83. The van der Waals surface area contributed by atoms with Gasteiger partial charge in [0.15, 0.2) is 0 Å². The minimum Gasteiger partial charge on any atom is -0.496 e. The van der Waals surface area contributed by atoms with E-state index in [1.54, 1.807) is 7.11 Å². The molecule has 2 aliphatic heterocycles. The number of methoxy groups -OCH3 is 1. The second kappa shape index (κ2) is 10.8. The van der Waals surface area contributed by atoms with Crippen LogP contribution in [-0.2, 0) is 4.74 Å². The Bertz CT molecular complexity index is 779. The van der Waals surface area contributed by atoms with Crippen molar-refractivity contribution in [1.82, 2.24) is 15.0 Å². The lowest BCUT2D eigenvalue weighted by molar-refractivity contribution is 0.0114. The Kier molecular flexibility index (Phi) is 8.10. The molecule has 2 aromatic rings. The summed E-state index contributed by atoms with van der Waals surface area (Å²) in [5, 5.41) is 4.23. The standard InChI is InChI=1S/C21H30N4O3.C2H6/c1-15(2)18-5-4-16(14-19(18)26-3)20-22-21(23-28-20)25-8-6-17(7-9-25)24-10-12-27-13-11-24;1-2/h4-5,14-15,17H,6-13H2,1-3H3;1-2H3. The fraction of sp³-hybridized carbons (Fsp3) is 0.652. The third-order valence-electron chi connectivity index (χ3n) is 5.83. The molecule has 0 aliphatic carbocycles. The normalized spacial score (nSPS) is 18.3. The van der Waals surface area contributed by atoms with Gasteiger partial charge in [0, 0.05) is 37.8 Å². The van der Waals surface area contributed by atoms with E-state index in [1.807, 2.05) is 26.0 Å². The van der Waals surface area contributed by atoms with E-state index in [0.29, 0.717) is 23.8 Å². The fourth-order valence-corrected chi connectivity index (χ4v) is 4.16. The molecule has 4 rings (SSSR count). The molecule has 0 bridgehead atoms. The van der Waals surface area contributed by atoms with Crippen molar-refractivity contribution in [1.29, 1.82) is 0 Å². The van der Waals surface area contributed by atoms with Crippen LogP contribution in [0.1, 0.15) is 52.0 Å². The summed E-state index contributed by atoms with van der Waals surface area (Å²) < 4.78 is 16.6. The third kappa shape index (κ3) is 5.13. The summed E-state index contributed by atoms with van der Waals surface area (Å²) in [5.41, 5.74) is 2.07. The summed E-state index contributed by atoms with van der Waals surface area (Å²) in [6, 6.07) is 6.73. The number of nitrogens with zero attached hydrogens (tertiary/aromatic N) is 4. The quantitative estimate of drug-likeness (QED) is 0.724. The molecule has 30 heavy (non-hydrogen) atoms. The van der Waals surface area contributed by atoms with Gasteiger partial charge in [-0.3, -0.25) is 4.90 Å². The molecule has 1 aromatic carbocycles. The van der Waals surface area contributed by atoms with Crippen molar-refractivity contribution in [3.05, 3.63) is 23.8 Å². The number of benzene rings is 1. The maximum atomic E-state index is 5.56. The molecule has 0 spiro atoms. The van der Waals surface area contributed by atoms with E-state index < -0.39 is 0 Å². The van der Waals surface area contributed by atoms with E-state index in [0.717, 1.165) is 63.5 Å². The van der Waals surface area contributed by atoms with Crippen molar-refractivity contribution in [2.45, 2.75) is 52.5 Å². The Morgan fingerprint density at radius 1 is 1.07 bits per heavy atom. The smallest absolute Gasteiger partial charge is 0.266 e. The van der Waals surface area contributed by atoms with Crippen LogP contribution in [0.15, 0.2) is 22.7 Å². The highest BCUT2D eigenvalue weighted by Gasteiger charge is 2.27. The van der Waals surface area contributed by atoms with E-state index in [9.17, 15) is 0 Å². The Balaban J connectivity index is 0.00000124. The first kappa shape index (κ1) is 22.6. The van der Waals surface area contributed by atoms with Crippen LogP contribution in [0.25, 0.3) is 11.5 Å². The van der Waals surface area contributed by atoms with Crippen LogP contribution in [-0.4, -0.2) is 67.6 Å². The largest absolute Gasteiger partial charge is 0.496 e. The van der Waals surface area contributed by atoms with Gasteiger partial charge in [0.1, 0.15) is 5.75 Å². The molecule has 0 amide bonds. The van der Waals surface area contributed by atoms with E-state index in [1.165, 1.54) is 5.56 Å². The zero-order chi connectivity index (χ0) is 21.5. The van der Waals surface area contributed by atoms with Crippen molar-refractivity contribution >= 4 is 5.95 Å². The topological polar surface area (TPSA) is 63.9 Å². The van der Waals surface area contributed by atoms with Gasteiger partial charge in [0.05, 0.1) is 20.3 Å². The molecule has 0 saturated carbocycles. The van der Waals surface area contributed by atoms with Crippen LogP contribution in [0.3, 0.4) is 0 Å². The second-order valence-corrected chi connectivity index (χ2v) is 7.88. The summed E-state index contributed by atoms with van der Waals surface area (Å²) in [6.45, 7) is 14.0. The average molecular weight is 417 g/mol. The maximum absolute atomic E-state index is 5.56. The van der Waals surface area contributed by atoms with E-state index >= 15 is 0 Å². The van der Waals surface area contributed by atoms with E-state index in [2.05, 4.69) is 39.9 Å². The molecule has 1 aromatic heterocycles. The molecule has 0 N–H and O–H groups in total. The molecule has 166 valence electrons. The molecule has 2 saturated heterocycles. The molecular weight excluding hydrogens is 380 g/mol. The average Bonchev–Trinajstić information content (AvgIpc) is 3.31. The number of hydrogen-bond acceptors (Lipinski definition) is 7. The highest BCUT2D eigenvalue weighted by atomic mass is 16.5. The fourth-order valence-electron chi connectivity index (χ4n) is 4.16. The van der Waals surface area contributed by atoms with Crippen LogP contribution in [0.4, 0.5) is 5.95 Å². The van der Waals surface area contributed by atoms with Gasteiger partial charge in [-0.2, -0.15) is 4.98 Å². The minimum absolute atomic E-state index is 0.398. The highest BCUT2D eigenvalue weighted by molar-refractivity contribution is 5.59. The lowest BCUT2D eigenvalue weighted by atomic mass is 10.0. The number of aromatic nitrogens is 2. The number of hydrogen-bond donors (Lipinski definition) is 0. The SMILES string of the molecule is CC.COc1cc(-c2nc(N3CCC(N4CCOCC4)CC3)no2)ccc1C(C)C. The van der Waals surface area contributed by atoms with Crippen LogP contribution in [0.2, 0.25) is 0 Å². The number of rotatable bonds is 5. The molecule has 0 atom stereocenters. The molecule has 0 unspecified atom stereocenters. The summed E-state index contributed by atoms with van der Waals surface area (Å²) >= 11 is 0. The lowest BCUT2D eigenvalue weighted by Crippen LogP contribution is -2.49. The lowest BCUT2D eigenvalue weighted by Gasteiger charge is -2.39. The number of ether oxygens (including phenoxy) is 2. The van der Waals surface area contributed by atoms with Gasteiger partial charge in [-0.25, -0.2) is 0 Å². The van der Waals surface area contributed by atoms with Gasteiger partial charge in [0.2, 0.25) is 0 Å². The Morgan fingerprint density at radius 3 is 2.40 bits per heavy atom. The molecular formula is C23H36N4O3. The van der Waals surface area contributed by atoms with Crippen molar-refractivity contribution in [2.24, 2.45) is 0 Å². The Hall–Kier alpha value is -2.12. The number of anilines is 1. The maximum Gasteiger partial charge on any atom is 0.266 e. The zero-order valence-corrected chi connectivity index (χ0v) is 19.1. The number of morpholine rings is 1. The first-order chi connectivity index (χ1) is 14.7. The predicted molar refractivity (Wildman–Crippen MR) is 119 cm³/mol. The van der Waals surface area contributed by atoms with Gasteiger partial charge in [0.25, 0.3) is 11.8 Å². The van der Waals surface area contributed by atoms with E-state index in [4.69, 9.17) is 14.0 Å². The summed E-state index contributed by atoms with van der Waals surface area (Å²) in [4.78, 5) is 9.44. The van der Waals surface area contributed by atoms with Gasteiger partial charge in [-0.15, -0.1) is 0 Å². The molecule has 0 radical (unpaired) electrons. The molecule has 7 nitrogen and oxygen atoms in total. The molecule has 2 aliphatic rings.